The van der Waals surface area contributed by atoms with E-state index in [2.05, 4.69) is 10.3 Å². The first-order valence-electron chi connectivity index (χ1n) is 5.28. The second-order valence-corrected chi connectivity index (χ2v) is 5.29. The van der Waals surface area contributed by atoms with Gasteiger partial charge in [-0.1, -0.05) is 11.8 Å². The zero-order valence-electron chi connectivity index (χ0n) is 9.42. The van der Waals surface area contributed by atoms with E-state index < -0.39 is 0 Å². The molecule has 0 spiro atoms. The van der Waals surface area contributed by atoms with E-state index in [9.17, 15) is 9.59 Å². The van der Waals surface area contributed by atoms with Crippen LogP contribution in [0.4, 0.5) is 10.5 Å². The zero-order chi connectivity index (χ0) is 12.3. The van der Waals surface area contributed by atoms with Crippen LogP contribution in [0.2, 0.25) is 0 Å². The lowest BCUT2D eigenvalue weighted by Gasteiger charge is -2.37. The number of urea groups is 1. The quantitative estimate of drug-likeness (QED) is 0.866. The van der Waals surface area contributed by atoms with Crippen molar-refractivity contribution in [3.05, 3.63) is 24.5 Å². The maximum Gasteiger partial charge on any atom is 0.321 e. The van der Waals surface area contributed by atoms with Crippen LogP contribution in [-0.4, -0.2) is 39.4 Å². The van der Waals surface area contributed by atoms with Gasteiger partial charge in [0.25, 0.3) is 0 Å². The molecular formula is C11H13N3O2S. The van der Waals surface area contributed by atoms with Crippen molar-refractivity contribution >= 4 is 28.6 Å². The van der Waals surface area contributed by atoms with E-state index in [1.54, 1.807) is 36.4 Å². The first kappa shape index (κ1) is 11.9. The predicted molar refractivity (Wildman–Crippen MR) is 66.9 cm³/mol. The molecule has 2 amide bonds. The molecule has 1 saturated heterocycles. The van der Waals surface area contributed by atoms with Gasteiger partial charge < -0.3 is 10.2 Å². The number of nitrogens with one attached hydrogen (secondary N) is 1. The molecule has 2 heterocycles. The predicted octanol–water partition coefficient (Wildman–Crippen LogP) is 1.58. The Kier molecular flexibility index (Phi) is 3.63. The maximum absolute atomic E-state index is 11.7. The number of pyridine rings is 1. The summed E-state index contributed by atoms with van der Waals surface area (Å²) in [5, 5.41) is 3.09. The Bertz CT molecular complexity index is 418. The van der Waals surface area contributed by atoms with E-state index in [1.165, 1.54) is 11.8 Å². The molecule has 1 N–H and O–H groups in total. The third-order valence-electron chi connectivity index (χ3n) is 2.38. The number of hydrogen-bond donors (Lipinski definition) is 1. The molecule has 6 heteroatoms. The van der Waals surface area contributed by atoms with Crippen LogP contribution in [0.3, 0.4) is 0 Å². The van der Waals surface area contributed by atoms with Gasteiger partial charge in [0.1, 0.15) is 0 Å². The molecule has 0 atom stereocenters. The normalized spacial score (nSPS) is 15.2. The molecule has 0 aromatic carbocycles. The number of hydrogen-bond acceptors (Lipinski definition) is 4. The minimum atomic E-state index is -0.140. The van der Waals surface area contributed by atoms with Crippen molar-refractivity contribution in [2.24, 2.45) is 0 Å². The highest BCUT2D eigenvalue weighted by molar-refractivity contribution is 8.14. The Labute approximate surface area is 104 Å². The van der Waals surface area contributed by atoms with Crippen LogP contribution in [0.5, 0.6) is 0 Å². The van der Waals surface area contributed by atoms with E-state index in [-0.39, 0.29) is 16.4 Å². The number of thioether (sulfide) groups is 1. The lowest BCUT2D eigenvalue weighted by Crippen LogP contribution is -2.53. The van der Waals surface area contributed by atoms with Gasteiger partial charge in [-0.3, -0.25) is 9.78 Å². The first-order chi connectivity index (χ1) is 8.15. The van der Waals surface area contributed by atoms with Gasteiger partial charge in [0.05, 0.1) is 11.9 Å². The highest BCUT2D eigenvalue weighted by Crippen LogP contribution is 2.23. The molecule has 0 bridgehead atoms. The summed E-state index contributed by atoms with van der Waals surface area (Å²) in [6.45, 7) is 2.79. The fraction of sp³-hybridized carbons (Fsp3) is 0.364. The fourth-order valence-corrected chi connectivity index (χ4v) is 2.53. The second kappa shape index (κ2) is 5.18. The number of carbonyl (C=O) groups is 2. The Hall–Kier alpha value is -1.56. The zero-order valence-corrected chi connectivity index (χ0v) is 10.2. The minimum absolute atomic E-state index is 0.0994. The number of carbonyl (C=O) groups excluding carboxylic acids is 2. The van der Waals surface area contributed by atoms with Crippen LogP contribution in [0.15, 0.2) is 24.5 Å². The summed E-state index contributed by atoms with van der Waals surface area (Å²) in [6.07, 6.45) is 3.25. The molecule has 17 heavy (non-hydrogen) atoms. The summed E-state index contributed by atoms with van der Waals surface area (Å²) in [5.41, 5.74) is 0.681. The van der Waals surface area contributed by atoms with E-state index in [4.69, 9.17) is 0 Å². The topological polar surface area (TPSA) is 62.3 Å². The number of likely N-dealkylation sites (tertiary alicyclic amines) is 1. The standard InChI is InChI=1S/C11H13N3O2S/c1-8(15)17-10-6-14(7-10)11(16)13-9-3-2-4-12-5-9/h2-5,10H,6-7H2,1H3,(H,13,16). The summed E-state index contributed by atoms with van der Waals surface area (Å²) >= 11 is 1.30. The van der Waals surface area contributed by atoms with Crippen LogP contribution >= 0.6 is 11.8 Å². The van der Waals surface area contributed by atoms with Crippen LogP contribution < -0.4 is 5.32 Å². The van der Waals surface area contributed by atoms with Crippen molar-refractivity contribution in [3.63, 3.8) is 0 Å². The molecular weight excluding hydrogens is 238 g/mol. The highest BCUT2D eigenvalue weighted by Gasteiger charge is 2.31. The molecule has 0 radical (unpaired) electrons. The van der Waals surface area contributed by atoms with Crippen molar-refractivity contribution in [1.82, 2.24) is 9.88 Å². The Morgan fingerprint density at radius 1 is 1.53 bits per heavy atom. The fourth-order valence-electron chi connectivity index (χ4n) is 1.55. The Morgan fingerprint density at radius 3 is 2.88 bits per heavy atom. The highest BCUT2D eigenvalue weighted by atomic mass is 32.2. The molecule has 2 rings (SSSR count). The van der Waals surface area contributed by atoms with Crippen LogP contribution in [0.1, 0.15) is 6.92 Å². The van der Waals surface area contributed by atoms with E-state index in [1.807, 2.05) is 0 Å². The Balaban J connectivity index is 1.78. The van der Waals surface area contributed by atoms with Gasteiger partial charge in [-0.05, 0) is 12.1 Å². The smallest absolute Gasteiger partial charge is 0.321 e. The lowest BCUT2D eigenvalue weighted by molar-refractivity contribution is -0.109. The monoisotopic (exact) mass is 251 g/mol. The van der Waals surface area contributed by atoms with Gasteiger partial charge in [0, 0.05) is 31.5 Å². The summed E-state index contributed by atoms with van der Waals surface area (Å²) in [4.78, 5) is 28.2. The molecule has 5 nitrogen and oxygen atoms in total. The Morgan fingerprint density at radius 2 is 2.29 bits per heavy atom. The van der Waals surface area contributed by atoms with E-state index in [0.717, 1.165) is 0 Å². The van der Waals surface area contributed by atoms with Crippen LogP contribution in [0, 0.1) is 0 Å². The molecule has 1 aliphatic rings. The van der Waals surface area contributed by atoms with Crippen molar-refractivity contribution < 1.29 is 9.59 Å². The van der Waals surface area contributed by atoms with E-state index in [0.29, 0.717) is 18.8 Å². The number of anilines is 1. The molecule has 90 valence electrons. The first-order valence-corrected chi connectivity index (χ1v) is 6.16. The van der Waals surface area contributed by atoms with Gasteiger partial charge in [-0.2, -0.15) is 0 Å². The van der Waals surface area contributed by atoms with Gasteiger partial charge in [-0.15, -0.1) is 0 Å². The van der Waals surface area contributed by atoms with Crippen molar-refractivity contribution in [1.29, 1.82) is 0 Å². The maximum atomic E-state index is 11.7. The average molecular weight is 251 g/mol. The molecule has 0 unspecified atom stereocenters. The van der Waals surface area contributed by atoms with Crippen LogP contribution in [-0.2, 0) is 4.79 Å². The summed E-state index contributed by atoms with van der Waals surface area (Å²) in [7, 11) is 0. The number of rotatable bonds is 2. The van der Waals surface area contributed by atoms with Crippen molar-refractivity contribution in [2.75, 3.05) is 18.4 Å². The summed E-state index contributed by atoms with van der Waals surface area (Å²) in [5.74, 6) is 0. The molecule has 1 aliphatic heterocycles. The summed E-state index contributed by atoms with van der Waals surface area (Å²) < 4.78 is 0. The second-order valence-electron chi connectivity index (χ2n) is 3.81. The third kappa shape index (κ3) is 3.20. The van der Waals surface area contributed by atoms with Crippen molar-refractivity contribution in [3.8, 4) is 0 Å². The van der Waals surface area contributed by atoms with Crippen molar-refractivity contribution in [2.45, 2.75) is 12.2 Å². The molecule has 0 aliphatic carbocycles. The average Bonchev–Trinajstić information content (AvgIpc) is 2.23. The molecule has 1 fully saturated rings. The number of aromatic nitrogens is 1. The summed E-state index contributed by atoms with van der Waals surface area (Å²) in [6, 6.07) is 3.41. The minimum Gasteiger partial charge on any atom is -0.322 e. The number of amides is 2. The molecule has 0 saturated carbocycles. The largest absolute Gasteiger partial charge is 0.322 e. The lowest BCUT2D eigenvalue weighted by atomic mass is 10.2. The van der Waals surface area contributed by atoms with Crippen LogP contribution in [0.25, 0.3) is 0 Å². The van der Waals surface area contributed by atoms with E-state index >= 15 is 0 Å². The van der Waals surface area contributed by atoms with Gasteiger partial charge in [-0.25, -0.2) is 4.79 Å². The molecule has 1 aromatic heterocycles. The number of nitrogens with zero attached hydrogens (tertiary/aromatic N) is 2. The van der Waals surface area contributed by atoms with Gasteiger partial charge in [0.15, 0.2) is 5.12 Å². The SMILES string of the molecule is CC(=O)SC1CN(C(=O)Nc2cccnc2)C1. The van der Waals surface area contributed by atoms with Gasteiger partial charge in [0.2, 0.25) is 0 Å². The van der Waals surface area contributed by atoms with Gasteiger partial charge >= 0.3 is 6.03 Å². The molecule has 1 aromatic rings. The third-order valence-corrected chi connectivity index (χ3v) is 3.34.